The van der Waals surface area contributed by atoms with E-state index in [4.69, 9.17) is 0 Å². The molecule has 1 saturated carbocycles. The number of fused-ring (bicyclic) bond motifs is 2. The van der Waals surface area contributed by atoms with Crippen molar-refractivity contribution in [2.45, 2.75) is 56.9 Å². The van der Waals surface area contributed by atoms with Crippen molar-refractivity contribution in [2.24, 2.45) is 5.92 Å². The molecule has 2 aromatic rings. The molecule has 0 radical (unpaired) electrons. The van der Waals surface area contributed by atoms with Gasteiger partial charge in [-0.1, -0.05) is 0 Å². The molecule has 2 unspecified atom stereocenters. The number of hydrogen-bond acceptors (Lipinski definition) is 4. The van der Waals surface area contributed by atoms with Gasteiger partial charge in [0, 0.05) is 30.8 Å². The summed E-state index contributed by atoms with van der Waals surface area (Å²) < 4.78 is 55.4. The summed E-state index contributed by atoms with van der Waals surface area (Å²) in [6.45, 7) is 0.219. The fourth-order valence-electron chi connectivity index (χ4n) is 4.69. The van der Waals surface area contributed by atoms with Crippen molar-refractivity contribution in [2.75, 3.05) is 6.54 Å². The summed E-state index contributed by atoms with van der Waals surface area (Å²) in [6.07, 6.45) is -0.440. The lowest BCUT2D eigenvalue weighted by Gasteiger charge is -2.28. The van der Waals surface area contributed by atoms with Gasteiger partial charge >= 0.3 is 11.9 Å². The molecular weight excluding hydrogens is 406 g/mol. The third kappa shape index (κ3) is 3.02. The van der Waals surface area contributed by atoms with Gasteiger partial charge in [0.1, 0.15) is 11.9 Å². The first kappa shape index (κ1) is 19.3. The number of carbonyl (C=O) groups excluding carboxylic acids is 1. The summed E-state index contributed by atoms with van der Waals surface area (Å²) in [5, 5.41) is 4.20. The van der Waals surface area contributed by atoms with Crippen LogP contribution in [0.15, 0.2) is 17.1 Å². The number of pyridine rings is 1. The highest BCUT2D eigenvalue weighted by Gasteiger charge is 2.50. The number of alkyl halides is 3. The zero-order valence-corrected chi connectivity index (χ0v) is 15.9. The molecule has 7 nitrogen and oxygen atoms in total. The number of halogens is 4. The summed E-state index contributed by atoms with van der Waals surface area (Å²) >= 11 is 0. The van der Waals surface area contributed by atoms with E-state index in [1.54, 1.807) is 0 Å². The van der Waals surface area contributed by atoms with E-state index < -0.39 is 36.0 Å². The van der Waals surface area contributed by atoms with Gasteiger partial charge < -0.3 is 4.90 Å². The van der Waals surface area contributed by atoms with E-state index in [0.717, 1.165) is 29.8 Å². The number of hydrogen-bond donors (Lipinski definition) is 0. The van der Waals surface area contributed by atoms with E-state index in [2.05, 4.69) is 10.1 Å². The van der Waals surface area contributed by atoms with Gasteiger partial charge in [0.15, 0.2) is 11.5 Å². The molecule has 3 atom stereocenters. The number of aromatic nitrogens is 4. The third-order valence-electron chi connectivity index (χ3n) is 6.28. The molecule has 1 amide bonds. The second-order valence-electron chi connectivity index (χ2n) is 8.15. The highest BCUT2D eigenvalue weighted by molar-refractivity contribution is 5.81. The Hall–Kier alpha value is -2.72. The first-order valence-electron chi connectivity index (χ1n) is 9.95. The van der Waals surface area contributed by atoms with Gasteiger partial charge in [0.25, 0.3) is 0 Å². The minimum Gasteiger partial charge on any atom is -0.338 e. The Kier molecular flexibility index (Phi) is 4.26. The topological polar surface area (TPSA) is 73.0 Å². The summed E-state index contributed by atoms with van der Waals surface area (Å²) in [7, 11) is 0. The van der Waals surface area contributed by atoms with Gasteiger partial charge in [-0.3, -0.25) is 9.36 Å². The van der Waals surface area contributed by atoms with Crippen LogP contribution in [0.4, 0.5) is 17.6 Å². The quantitative estimate of drug-likeness (QED) is 0.707. The van der Waals surface area contributed by atoms with Crippen LogP contribution < -0.4 is 5.69 Å². The molecule has 0 bridgehead atoms. The molecule has 4 heterocycles. The smallest absolute Gasteiger partial charge is 0.338 e. The molecule has 2 aliphatic heterocycles. The van der Waals surface area contributed by atoms with Crippen LogP contribution in [0.3, 0.4) is 0 Å². The standard InChI is InChI=1S/C19H19F4N5O2/c20-15-11(4-6-24-16(15)19(21,22)23)9-27-18(30)28-12(2-1-3-14(28)25-27)17(29)26-7-5-10-8-13(10)26/h4,6,10,12-13H,1-3,5,7-9H2/t10?,12-,13?/m0/s1. The molecule has 11 heteroatoms. The van der Waals surface area contributed by atoms with Crippen molar-refractivity contribution in [1.29, 1.82) is 0 Å². The molecule has 30 heavy (non-hydrogen) atoms. The maximum Gasteiger partial charge on any atom is 0.436 e. The monoisotopic (exact) mass is 425 g/mol. The zero-order chi connectivity index (χ0) is 21.2. The Morgan fingerprint density at radius 1 is 1.27 bits per heavy atom. The highest BCUT2D eigenvalue weighted by atomic mass is 19.4. The van der Waals surface area contributed by atoms with Gasteiger partial charge in [0.2, 0.25) is 5.91 Å². The Bertz CT molecular complexity index is 1080. The van der Waals surface area contributed by atoms with Gasteiger partial charge in [0.05, 0.1) is 6.54 Å². The number of aryl methyl sites for hydroxylation is 1. The molecule has 3 aliphatic rings. The second kappa shape index (κ2) is 6.64. The first-order chi connectivity index (χ1) is 14.3. The number of likely N-dealkylation sites (tertiary alicyclic amines) is 1. The SMILES string of the molecule is O=C([C@@H]1CCCc2nn(Cc3ccnc(C(F)(F)F)c3F)c(=O)n21)N1CCC2CC21. The molecule has 0 spiro atoms. The molecular formula is C19H19F4N5O2. The lowest BCUT2D eigenvalue weighted by atomic mass is 10.0. The van der Waals surface area contributed by atoms with Crippen LogP contribution in [0.2, 0.25) is 0 Å². The zero-order valence-electron chi connectivity index (χ0n) is 15.9. The number of rotatable bonds is 3. The number of nitrogens with zero attached hydrogens (tertiary/aromatic N) is 5. The van der Waals surface area contributed by atoms with Crippen LogP contribution in [-0.2, 0) is 23.9 Å². The lowest BCUT2D eigenvalue weighted by Crippen LogP contribution is -2.42. The van der Waals surface area contributed by atoms with E-state index in [-0.39, 0.29) is 17.5 Å². The van der Waals surface area contributed by atoms with Gasteiger partial charge in [-0.05, 0) is 37.7 Å². The Labute approximate surface area is 168 Å². The van der Waals surface area contributed by atoms with E-state index >= 15 is 0 Å². The van der Waals surface area contributed by atoms with Crippen LogP contribution in [0.1, 0.15) is 48.8 Å². The van der Waals surface area contributed by atoms with Crippen molar-refractivity contribution in [3.63, 3.8) is 0 Å². The molecule has 1 saturated heterocycles. The number of piperidine rings is 1. The Morgan fingerprint density at radius 3 is 2.73 bits per heavy atom. The van der Waals surface area contributed by atoms with E-state index in [1.165, 1.54) is 4.57 Å². The van der Waals surface area contributed by atoms with Crippen molar-refractivity contribution in [3.05, 3.63) is 45.6 Å². The van der Waals surface area contributed by atoms with Gasteiger partial charge in [-0.15, -0.1) is 0 Å². The molecule has 2 fully saturated rings. The van der Waals surface area contributed by atoms with Gasteiger partial charge in [-0.2, -0.15) is 18.3 Å². The Balaban J connectivity index is 1.46. The third-order valence-corrected chi connectivity index (χ3v) is 6.28. The summed E-state index contributed by atoms with van der Waals surface area (Å²) in [4.78, 5) is 30.9. The molecule has 1 aliphatic carbocycles. The fourth-order valence-corrected chi connectivity index (χ4v) is 4.69. The maximum absolute atomic E-state index is 14.3. The normalized spacial score (nSPS) is 25.2. The van der Waals surface area contributed by atoms with Crippen LogP contribution in [-0.4, -0.2) is 42.7 Å². The fraction of sp³-hybridized carbons (Fsp3) is 0.579. The molecule has 0 N–H and O–H groups in total. The molecule has 2 aromatic heterocycles. The van der Waals surface area contributed by atoms with Crippen LogP contribution >= 0.6 is 0 Å². The molecule has 160 valence electrons. The average molecular weight is 425 g/mol. The minimum atomic E-state index is -4.94. The van der Waals surface area contributed by atoms with Crippen molar-refractivity contribution >= 4 is 5.91 Å². The van der Waals surface area contributed by atoms with E-state index in [0.29, 0.717) is 37.5 Å². The highest BCUT2D eigenvalue weighted by Crippen LogP contribution is 2.45. The minimum absolute atomic E-state index is 0.1000. The van der Waals surface area contributed by atoms with Crippen LogP contribution in [0, 0.1) is 11.7 Å². The first-order valence-corrected chi connectivity index (χ1v) is 9.95. The maximum atomic E-state index is 14.3. The largest absolute Gasteiger partial charge is 0.436 e. The lowest BCUT2D eigenvalue weighted by molar-refractivity contribution is -0.143. The van der Waals surface area contributed by atoms with Crippen molar-refractivity contribution < 1.29 is 22.4 Å². The summed E-state index contributed by atoms with van der Waals surface area (Å²) in [5.41, 5.74) is -2.57. The molecule has 0 aromatic carbocycles. The number of carbonyl (C=O) groups is 1. The number of amides is 1. The summed E-state index contributed by atoms with van der Waals surface area (Å²) in [5.74, 6) is -0.653. The van der Waals surface area contributed by atoms with Gasteiger partial charge in [-0.25, -0.2) is 18.9 Å². The summed E-state index contributed by atoms with van der Waals surface area (Å²) in [6, 6.07) is 0.692. The van der Waals surface area contributed by atoms with Crippen molar-refractivity contribution in [3.8, 4) is 0 Å². The second-order valence-corrected chi connectivity index (χ2v) is 8.15. The predicted octanol–water partition coefficient (Wildman–Crippen LogP) is 2.14. The van der Waals surface area contributed by atoms with E-state index in [9.17, 15) is 27.2 Å². The van der Waals surface area contributed by atoms with E-state index in [1.807, 2.05) is 4.90 Å². The predicted molar refractivity (Wildman–Crippen MR) is 95.0 cm³/mol. The average Bonchev–Trinajstić information content (AvgIpc) is 3.24. The van der Waals surface area contributed by atoms with Crippen LogP contribution in [0.5, 0.6) is 0 Å². The van der Waals surface area contributed by atoms with Crippen molar-refractivity contribution in [1.82, 2.24) is 24.2 Å². The van der Waals surface area contributed by atoms with Crippen LogP contribution in [0.25, 0.3) is 0 Å². The molecule has 5 rings (SSSR count). The Morgan fingerprint density at radius 2 is 2.07 bits per heavy atom.